The van der Waals surface area contributed by atoms with Crippen LogP contribution in [0.1, 0.15) is 26.7 Å². The van der Waals surface area contributed by atoms with E-state index < -0.39 is 17.7 Å². The normalized spacial score (nSPS) is 9.90. The van der Waals surface area contributed by atoms with Crippen LogP contribution in [-0.4, -0.2) is 24.3 Å². The van der Waals surface area contributed by atoms with Gasteiger partial charge in [-0.2, -0.15) is 0 Å². The van der Waals surface area contributed by atoms with Gasteiger partial charge in [-0.15, -0.1) is 0 Å². The number of benzene rings is 1. The molecule has 0 fully saturated rings. The summed E-state index contributed by atoms with van der Waals surface area (Å²) in [5.41, 5.74) is 6.32. The van der Waals surface area contributed by atoms with E-state index in [1.54, 1.807) is 18.2 Å². The maximum atomic E-state index is 12.0. The number of rotatable bonds is 4. The molecule has 0 bridgehead atoms. The molecule has 0 aliphatic heterocycles. The first-order chi connectivity index (χ1) is 9.47. The van der Waals surface area contributed by atoms with Gasteiger partial charge in [0.1, 0.15) is 0 Å². The maximum absolute atomic E-state index is 12.0. The van der Waals surface area contributed by atoms with Crippen LogP contribution in [0.2, 0.25) is 0 Å². The Bertz CT molecular complexity index is 514. The summed E-state index contributed by atoms with van der Waals surface area (Å²) >= 11 is 0. The minimum atomic E-state index is -0.904. The number of nitrogen functional groups attached to an aromatic ring is 1. The average Bonchev–Trinajstić information content (AvgIpc) is 2.38. The summed E-state index contributed by atoms with van der Waals surface area (Å²) in [5.74, 6) is -2.23. The highest BCUT2D eigenvalue weighted by molar-refractivity contribution is 6.45. The Balaban J connectivity index is 2.89. The van der Waals surface area contributed by atoms with Crippen LogP contribution in [0.25, 0.3) is 0 Å². The van der Waals surface area contributed by atoms with Crippen LogP contribution in [0.4, 0.5) is 11.4 Å². The highest BCUT2D eigenvalue weighted by Crippen LogP contribution is 2.18. The molecule has 0 saturated carbocycles. The molecule has 3 N–H and O–H groups in total. The lowest BCUT2D eigenvalue weighted by atomic mass is 10.2. The van der Waals surface area contributed by atoms with E-state index in [4.69, 9.17) is 5.73 Å². The molecule has 0 aromatic heterocycles. The Labute approximate surface area is 117 Å². The molecule has 108 valence electrons. The minimum absolute atomic E-state index is 0.285. The summed E-state index contributed by atoms with van der Waals surface area (Å²) in [5, 5.41) is 2.49. The Morgan fingerprint density at radius 1 is 1.30 bits per heavy atom. The van der Waals surface area contributed by atoms with E-state index in [-0.39, 0.29) is 5.69 Å². The van der Waals surface area contributed by atoms with Gasteiger partial charge in [-0.25, -0.2) is 4.90 Å². The van der Waals surface area contributed by atoms with Crippen molar-refractivity contribution < 1.29 is 14.4 Å². The van der Waals surface area contributed by atoms with E-state index >= 15 is 0 Å². The fourth-order valence-corrected chi connectivity index (χ4v) is 1.66. The molecule has 0 aliphatic rings. The number of carbonyl (C=O) groups excluding carboxylic acids is 3. The molecule has 0 spiro atoms. The molecule has 0 radical (unpaired) electrons. The summed E-state index contributed by atoms with van der Waals surface area (Å²) in [7, 11) is 0. The van der Waals surface area contributed by atoms with Crippen molar-refractivity contribution in [2.45, 2.75) is 26.7 Å². The number of nitrogens with two attached hydrogens (primary N) is 1. The number of unbranched alkanes of at least 4 members (excludes halogenated alkanes) is 1. The standard InChI is InChI=1S/C14H19N3O3/c1-3-4-8-16-13(19)14(20)17(10(2)18)12-7-5-6-11(15)9-12/h5-7,9H,3-4,8,15H2,1-2H3,(H,16,19). The predicted octanol–water partition coefficient (Wildman–Crippen LogP) is 1.06. The Morgan fingerprint density at radius 2 is 2.00 bits per heavy atom. The molecule has 6 heteroatoms. The molecular formula is C14H19N3O3. The lowest BCUT2D eigenvalue weighted by Gasteiger charge is -2.18. The van der Waals surface area contributed by atoms with Crippen LogP contribution in [0, 0.1) is 0 Å². The fourth-order valence-electron chi connectivity index (χ4n) is 1.66. The summed E-state index contributed by atoms with van der Waals surface area (Å²) in [4.78, 5) is 36.2. The average molecular weight is 277 g/mol. The van der Waals surface area contributed by atoms with E-state index in [0.717, 1.165) is 17.7 Å². The molecule has 0 aliphatic carbocycles. The van der Waals surface area contributed by atoms with Crippen LogP contribution in [0.3, 0.4) is 0 Å². The van der Waals surface area contributed by atoms with E-state index in [1.807, 2.05) is 6.92 Å². The largest absolute Gasteiger partial charge is 0.399 e. The zero-order valence-electron chi connectivity index (χ0n) is 11.7. The second kappa shape index (κ2) is 7.28. The molecule has 20 heavy (non-hydrogen) atoms. The summed E-state index contributed by atoms with van der Waals surface area (Å²) in [6, 6.07) is 6.27. The van der Waals surface area contributed by atoms with Crippen molar-refractivity contribution in [3.05, 3.63) is 24.3 Å². The van der Waals surface area contributed by atoms with Crippen molar-refractivity contribution in [2.75, 3.05) is 17.2 Å². The Hall–Kier alpha value is -2.37. The molecule has 1 aromatic rings. The third kappa shape index (κ3) is 4.08. The number of amides is 3. The van der Waals surface area contributed by atoms with E-state index in [9.17, 15) is 14.4 Å². The van der Waals surface area contributed by atoms with Gasteiger partial charge in [-0.1, -0.05) is 19.4 Å². The monoisotopic (exact) mass is 277 g/mol. The Kier molecular flexibility index (Phi) is 5.71. The van der Waals surface area contributed by atoms with Gasteiger partial charge < -0.3 is 11.1 Å². The SMILES string of the molecule is CCCCNC(=O)C(=O)N(C(C)=O)c1cccc(N)c1. The van der Waals surface area contributed by atoms with Crippen LogP contribution < -0.4 is 16.0 Å². The summed E-state index contributed by atoms with van der Waals surface area (Å²) < 4.78 is 0. The van der Waals surface area contributed by atoms with Crippen molar-refractivity contribution in [1.82, 2.24) is 5.32 Å². The number of imide groups is 1. The topological polar surface area (TPSA) is 92.5 Å². The number of hydrogen-bond donors (Lipinski definition) is 2. The lowest BCUT2D eigenvalue weighted by molar-refractivity contribution is -0.139. The molecule has 1 aromatic carbocycles. The minimum Gasteiger partial charge on any atom is -0.399 e. The van der Waals surface area contributed by atoms with Gasteiger partial charge in [0.05, 0.1) is 5.69 Å². The number of hydrogen-bond acceptors (Lipinski definition) is 4. The number of nitrogens with one attached hydrogen (secondary N) is 1. The first-order valence-corrected chi connectivity index (χ1v) is 6.45. The van der Waals surface area contributed by atoms with Gasteiger partial charge >= 0.3 is 11.8 Å². The zero-order chi connectivity index (χ0) is 15.1. The van der Waals surface area contributed by atoms with Crippen LogP contribution >= 0.6 is 0 Å². The van der Waals surface area contributed by atoms with Gasteiger partial charge in [-0.3, -0.25) is 14.4 Å². The third-order valence-electron chi connectivity index (χ3n) is 2.66. The molecule has 0 saturated heterocycles. The number of carbonyl (C=O) groups is 3. The molecule has 3 amide bonds. The van der Waals surface area contributed by atoms with E-state index in [2.05, 4.69) is 5.32 Å². The highest BCUT2D eigenvalue weighted by atomic mass is 16.2. The van der Waals surface area contributed by atoms with Gasteiger partial charge in [0, 0.05) is 19.2 Å². The van der Waals surface area contributed by atoms with Gasteiger partial charge in [0.15, 0.2) is 0 Å². The smallest absolute Gasteiger partial charge is 0.323 e. The molecule has 6 nitrogen and oxygen atoms in total. The quantitative estimate of drug-likeness (QED) is 0.489. The van der Waals surface area contributed by atoms with Crippen LogP contribution in [0.5, 0.6) is 0 Å². The van der Waals surface area contributed by atoms with Crippen molar-refractivity contribution >= 4 is 29.1 Å². The van der Waals surface area contributed by atoms with E-state index in [0.29, 0.717) is 12.2 Å². The van der Waals surface area contributed by atoms with Crippen LogP contribution in [-0.2, 0) is 14.4 Å². The van der Waals surface area contributed by atoms with Crippen molar-refractivity contribution in [2.24, 2.45) is 0 Å². The Morgan fingerprint density at radius 3 is 2.55 bits per heavy atom. The second-order valence-electron chi connectivity index (χ2n) is 4.36. The summed E-state index contributed by atoms with van der Waals surface area (Å²) in [6.07, 6.45) is 1.68. The van der Waals surface area contributed by atoms with Crippen LogP contribution in [0.15, 0.2) is 24.3 Å². The van der Waals surface area contributed by atoms with Crippen molar-refractivity contribution in [3.8, 4) is 0 Å². The molecule has 0 atom stereocenters. The maximum Gasteiger partial charge on any atom is 0.323 e. The summed E-state index contributed by atoms with van der Waals surface area (Å²) in [6.45, 7) is 3.60. The second-order valence-corrected chi connectivity index (χ2v) is 4.36. The lowest BCUT2D eigenvalue weighted by Crippen LogP contribution is -2.45. The molecule has 0 unspecified atom stereocenters. The third-order valence-corrected chi connectivity index (χ3v) is 2.66. The predicted molar refractivity (Wildman–Crippen MR) is 76.9 cm³/mol. The molecule has 1 rings (SSSR count). The first kappa shape index (κ1) is 15.7. The van der Waals surface area contributed by atoms with Gasteiger partial charge in [-0.05, 0) is 24.6 Å². The molecular weight excluding hydrogens is 258 g/mol. The highest BCUT2D eigenvalue weighted by Gasteiger charge is 2.26. The number of nitrogens with zero attached hydrogens (tertiary/aromatic N) is 1. The molecule has 0 heterocycles. The van der Waals surface area contributed by atoms with Gasteiger partial charge in [0.2, 0.25) is 5.91 Å². The van der Waals surface area contributed by atoms with E-state index in [1.165, 1.54) is 13.0 Å². The van der Waals surface area contributed by atoms with Gasteiger partial charge in [0.25, 0.3) is 0 Å². The number of anilines is 2. The van der Waals surface area contributed by atoms with Crippen molar-refractivity contribution in [1.29, 1.82) is 0 Å². The van der Waals surface area contributed by atoms with Crippen molar-refractivity contribution in [3.63, 3.8) is 0 Å². The first-order valence-electron chi connectivity index (χ1n) is 6.45. The fraction of sp³-hybridized carbons (Fsp3) is 0.357. The zero-order valence-corrected chi connectivity index (χ0v) is 11.7.